The highest BCUT2D eigenvalue weighted by atomic mass is 79.9. The van der Waals surface area contributed by atoms with Crippen LogP contribution in [-0.4, -0.2) is 6.36 Å². The molecule has 1 aliphatic carbocycles. The Morgan fingerprint density at radius 2 is 1.93 bits per heavy atom. The number of alkyl halides is 3. The molecule has 2 rings (SSSR count). The minimum absolute atomic E-state index is 0.188. The molecule has 0 amide bonds. The van der Waals surface area contributed by atoms with Crippen LogP contribution in [0.25, 0.3) is 0 Å². The van der Waals surface area contributed by atoms with Crippen LogP contribution in [0.1, 0.15) is 24.3 Å². The predicted octanol–water partition coefficient (Wildman–Crippen LogP) is 4.23. The molecule has 1 aliphatic rings. The number of halogens is 4. The van der Waals surface area contributed by atoms with Crippen LogP contribution in [0.3, 0.4) is 0 Å². The molecule has 0 saturated heterocycles. The van der Waals surface area contributed by atoms with Crippen molar-refractivity contribution in [3.05, 3.63) is 28.2 Å². The summed E-state index contributed by atoms with van der Waals surface area (Å²) in [5, 5.41) is 0. The van der Waals surface area contributed by atoms with Gasteiger partial charge in [0.15, 0.2) is 0 Å². The lowest BCUT2D eigenvalue weighted by molar-refractivity contribution is -0.274. The highest BCUT2D eigenvalue weighted by Crippen LogP contribution is 2.42. The molecular formula is C10H8BrF3O. The van der Waals surface area contributed by atoms with Crippen LogP contribution in [0.2, 0.25) is 0 Å². The fourth-order valence-electron chi connectivity index (χ4n) is 1.40. The van der Waals surface area contributed by atoms with Gasteiger partial charge in [0.1, 0.15) is 5.75 Å². The molecule has 5 heteroatoms. The molecule has 1 aromatic rings. The van der Waals surface area contributed by atoms with Crippen molar-refractivity contribution in [2.45, 2.75) is 25.1 Å². The van der Waals surface area contributed by atoms with Crippen molar-refractivity contribution in [3.63, 3.8) is 0 Å². The lowest BCUT2D eigenvalue weighted by atomic mass is 10.1. The Bertz CT molecular complexity index is 371. The smallest absolute Gasteiger partial charge is 0.405 e. The molecule has 0 unspecified atom stereocenters. The molecule has 1 fully saturated rings. The highest BCUT2D eigenvalue weighted by Gasteiger charge is 2.32. The second-order valence-electron chi connectivity index (χ2n) is 3.51. The van der Waals surface area contributed by atoms with Crippen LogP contribution < -0.4 is 4.74 Å². The van der Waals surface area contributed by atoms with Gasteiger partial charge in [-0.2, -0.15) is 0 Å². The minimum Gasteiger partial charge on any atom is -0.405 e. The molecule has 82 valence electrons. The number of ether oxygens (including phenoxy) is 1. The first kappa shape index (κ1) is 10.8. The van der Waals surface area contributed by atoms with Crippen molar-refractivity contribution >= 4 is 15.9 Å². The Hall–Kier alpha value is -0.710. The first-order valence-corrected chi connectivity index (χ1v) is 5.30. The van der Waals surface area contributed by atoms with E-state index in [9.17, 15) is 13.2 Å². The maximum absolute atomic E-state index is 11.9. The fraction of sp³-hybridized carbons (Fsp3) is 0.400. The second kappa shape index (κ2) is 3.70. The van der Waals surface area contributed by atoms with E-state index in [0.29, 0.717) is 10.4 Å². The first-order valence-electron chi connectivity index (χ1n) is 4.51. The molecule has 1 saturated carbocycles. The van der Waals surface area contributed by atoms with Crippen molar-refractivity contribution in [2.75, 3.05) is 0 Å². The maximum atomic E-state index is 11.9. The molecular weight excluding hydrogens is 273 g/mol. The van der Waals surface area contributed by atoms with Crippen molar-refractivity contribution < 1.29 is 17.9 Å². The van der Waals surface area contributed by atoms with Gasteiger partial charge < -0.3 is 4.74 Å². The average molecular weight is 281 g/mol. The molecule has 1 nitrogen and oxygen atoms in total. The molecule has 0 N–H and O–H groups in total. The van der Waals surface area contributed by atoms with Crippen LogP contribution in [0.4, 0.5) is 13.2 Å². The minimum atomic E-state index is -4.64. The van der Waals surface area contributed by atoms with Crippen LogP contribution >= 0.6 is 15.9 Å². The standard InChI is InChI=1S/C10H8BrF3O/c11-8-5-7(6-1-2-6)3-4-9(8)15-10(12,13)14/h3-6H,1-2H2. The Kier molecular flexibility index (Phi) is 2.66. The Labute approximate surface area is 93.4 Å². The SMILES string of the molecule is FC(F)(F)Oc1ccc(C2CC2)cc1Br. The maximum Gasteiger partial charge on any atom is 0.573 e. The van der Waals surface area contributed by atoms with Gasteiger partial charge in [-0.3, -0.25) is 0 Å². The lowest BCUT2D eigenvalue weighted by Gasteiger charge is -2.11. The van der Waals surface area contributed by atoms with Gasteiger partial charge in [0.25, 0.3) is 0 Å². The Morgan fingerprint density at radius 1 is 1.27 bits per heavy atom. The summed E-state index contributed by atoms with van der Waals surface area (Å²) < 4.78 is 40.0. The summed E-state index contributed by atoms with van der Waals surface area (Å²) in [5.74, 6) is 0.327. The molecule has 1 aromatic carbocycles. The van der Waals surface area contributed by atoms with E-state index in [1.807, 2.05) is 0 Å². The topological polar surface area (TPSA) is 9.23 Å². The van der Waals surface area contributed by atoms with E-state index in [1.54, 1.807) is 12.1 Å². The molecule has 0 bridgehead atoms. The van der Waals surface area contributed by atoms with Crippen molar-refractivity contribution in [1.82, 2.24) is 0 Å². The summed E-state index contributed by atoms with van der Waals surface area (Å²) in [7, 11) is 0. The van der Waals surface area contributed by atoms with Gasteiger partial charge >= 0.3 is 6.36 Å². The summed E-state index contributed by atoms with van der Waals surface area (Å²) in [5.41, 5.74) is 1.07. The van der Waals surface area contributed by atoms with Crippen molar-refractivity contribution in [1.29, 1.82) is 0 Å². The van der Waals surface area contributed by atoms with Crippen molar-refractivity contribution in [3.8, 4) is 5.75 Å². The van der Waals surface area contributed by atoms with E-state index in [4.69, 9.17) is 0 Å². The lowest BCUT2D eigenvalue weighted by Crippen LogP contribution is -2.17. The first-order chi connectivity index (χ1) is 6.96. The molecule has 0 heterocycles. The monoisotopic (exact) mass is 280 g/mol. The molecule has 0 radical (unpaired) electrons. The van der Waals surface area contributed by atoms with Gasteiger partial charge in [0.2, 0.25) is 0 Å². The Balaban J connectivity index is 2.18. The Morgan fingerprint density at radius 3 is 2.40 bits per heavy atom. The zero-order valence-corrected chi connectivity index (χ0v) is 9.23. The summed E-state index contributed by atoms with van der Waals surface area (Å²) in [4.78, 5) is 0. The van der Waals surface area contributed by atoms with E-state index in [-0.39, 0.29) is 5.75 Å². The van der Waals surface area contributed by atoms with E-state index >= 15 is 0 Å². The van der Waals surface area contributed by atoms with Crippen LogP contribution in [-0.2, 0) is 0 Å². The third kappa shape index (κ3) is 2.87. The fourth-order valence-corrected chi connectivity index (χ4v) is 1.87. The van der Waals surface area contributed by atoms with E-state index < -0.39 is 6.36 Å². The number of hydrogen-bond acceptors (Lipinski definition) is 1. The zero-order chi connectivity index (χ0) is 11.1. The van der Waals surface area contributed by atoms with Gasteiger partial charge in [0.05, 0.1) is 4.47 Å². The second-order valence-corrected chi connectivity index (χ2v) is 4.37. The molecule has 0 aromatic heterocycles. The third-order valence-electron chi connectivity index (χ3n) is 2.23. The summed E-state index contributed by atoms with van der Waals surface area (Å²) in [6, 6.07) is 4.73. The number of rotatable bonds is 2. The van der Waals surface area contributed by atoms with Crippen LogP contribution in [0.15, 0.2) is 22.7 Å². The molecule has 0 aliphatic heterocycles. The molecule has 0 spiro atoms. The predicted molar refractivity (Wildman–Crippen MR) is 52.8 cm³/mol. The van der Waals surface area contributed by atoms with Crippen LogP contribution in [0, 0.1) is 0 Å². The summed E-state index contributed by atoms with van der Waals surface area (Å²) in [6.45, 7) is 0. The quantitative estimate of drug-likeness (QED) is 0.788. The van der Waals surface area contributed by atoms with Gasteiger partial charge in [-0.1, -0.05) is 6.07 Å². The number of benzene rings is 1. The molecule has 0 atom stereocenters. The zero-order valence-electron chi connectivity index (χ0n) is 7.64. The van der Waals surface area contributed by atoms with Gasteiger partial charge in [0, 0.05) is 0 Å². The van der Waals surface area contributed by atoms with Gasteiger partial charge in [-0.25, -0.2) is 0 Å². The average Bonchev–Trinajstić information content (AvgIpc) is 2.89. The third-order valence-corrected chi connectivity index (χ3v) is 2.85. The van der Waals surface area contributed by atoms with Crippen LogP contribution in [0.5, 0.6) is 5.75 Å². The normalized spacial score (nSPS) is 16.5. The summed E-state index contributed by atoms with van der Waals surface area (Å²) >= 11 is 3.07. The highest BCUT2D eigenvalue weighted by molar-refractivity contribution is 9.10. The van der Waals surface area contributed by atoms with Gasteiger partial charge in [-0.15, -0.1) is 13.2 Å². The van der Waals surface area contributed by atoms with E-state index in [1.165, 1.54) is 6.07 Å². The molecule has 15 heavy (non-hydrogen) atoms. The van der Waals surface area contributed by atoms with E-state index in [2.05, 4.69) is 20.7 Å². The van der Waals surface area contributed by atoms with Gasteiger partial charge in [-0.05, 0) is 52.4 Å². The summed E-state index contributed by atoms with van der Waals surface area (Å²) in [6.07, 6.45) is -2.40. The number of hydrogen-bond donors (Lipinski definition) is 0. The largest absolute Gasteiger partial charge is 0.573 e. The van der Waals surface area contributed by atoms with Crippen molar-refractivity contribution in [2.24, 2.45) is 0 Å². The van der Waals surface area contributed by atoms with E-state index in [0.717, 1.165) is 18.4 Å².